The molecule has 0 spiro atoms. The number of benzene rings is 2. The van der Waals surface area contributed by atoms with Gasteiger partial charge in [0.15, 0.2) is 5.78 Å². The van der Waals surface area contributed by atoms with E-state index in [0.29, 0.717) is 11.1 Å². The maximum atomic E-state index is 12.4. The molecule has 0 unspecified atom stereocenters. The lowest BCUT2D eigenvalue weighted by molar-refractivity contribution is -0.137. The average Bonchev–Trinajstić information content (AvgIpc) is 2.45. The Morgan fingerprint density at radius 3 is 2.05 bits per heavy atom. The van der Waals surface area contributed by atoms with Crippen molar-refractivity contribution in [3.8, 4) is 5.75 Å². The van der Waals surface area contributed by atoms with Crippen LogP contribution < -0.4 is 0 Å². The molecule has 0 bridgehead atoms. The van der Waals surface area contributed by atoms with Gasteiger partial charge in [-0.25, -0.2) is 0 Å². The van der Waals surface area contributed by atoms with Gasteiger partial charge in [-0.2, -0.15) is 13.2 Å². The van der Waals surface area contributed by atoms with Crippen LogP contribution in [0.1, 0.15) is 21.5 Å². The predicted molar refractivity (Wildman–Crippen MR) is 72.9 cm³/mol. The molecular formula is C16H11F3O2. The molecule has 0 aliphatic rings. The van der Waals surface area contributed by atoms with Crippen LogP contribution in [0.15, 0.2) is 54.6 Å². The van der Waals surface area contributed by atoms with Crippen LogP contribution in [0.4, 0.5) is 13.2 Å². The van der Waals surface area contributed by atoms with Crippen LogP contribution in [0.5, 0.6) is 5.75 Å². The molecule has 5 heteroatoms. The second-order valence-corrected chi connectivity index (χ2v) is 4.36. The molecule has 0 fully saturated rings. The fourth-order valence-corrected chi connectivity index (χ4v) is 1.68. The van der Waals surface area contributed by atoms with Crippen LogP contribution in [-0.4, -0.2) is 10.9 Å². The molecule has 0 heterocycles. The number of alkyl halides is 3. The maximum Gasteiger partial charge on any atom is 0.416 e. The Hall–Kier alpha value is -2.56. The number of phenolic OH excluding ortho intramolecular Hbond substituents is 1. The van der Waals surface area contributed by atoms with Gasteiger partial charge >= 0.3 is 6.18 Å². The quantitative estimate of drug-likeness (QED) is 0.676. The number of rotatable bonds is 3. The highest BCUT2D eigenvalue weighted by atomic mass is 19.4. The van der Waals surface area contributed by atoms with Gasteiger partial charge in [0.2, 0.25) is 0 Å². The van der Waals surface area contributed by atoms with Crippen molar-refractivity contribution < 1.29 is 23.1 Å². The number of hydrogen-bond donors (Lipinski definition) is 1. The molecule has 1 N–H and O–H groups in total. The van der Waals surface area contributed by atoms with E-state index in [1.807, 2.05) is 0 Å². The molecule has 2 aromatic rings. The number of aromatic hydroxyl groups is 1. The zero-order valence-electron chi connectivity index (χ0n) is 10.8. The van der Waals surface area contributed by atoms with Gasteiger partial charge in [-0.1, -0.05) is 18.2 Å². The highest BCUT2D eigenvalue weighted by Crippen LogP contribution is 2.29. The van der Waals surface area contributed by atoms with Gasteiger partial charge in [-0.15, -0.1) is 0 Å². The van der Waals surface area contributed by atoms with Crippen molar-refractivity contribution in [2.45, 2.75) is 6.18 Å². The fourth-order valence-electron chi connectivity index (χ4n) is 1.68. The summed E-state index contributed by atoms with van der Waals surface area (Å²) in [6, 6.07) is 10.2. The number of carbonyl (C=O) groups is 1. The van der Waals surface area contributed by atoms with Gasteiger partial charge in [0.25, 0.3) is 0 Å². The van der Waals surface area contributed by atoms with E-state index < -0.39 is 11.7 Å². The van der Waals surface area contributed by atoms with Gasteiger partial charge in [-0.05, 0) is 48.0 Å². The molecule has 0 aliphatic carbocycles. The Kier molecular flexibility index (Phi) is 4.12. The van der Waals surface area contributed by atoms with Crippen molar-refractivity contribution in [3.63, 3.8) is 0 Å². The molecule has 0 atom stereocenters. The Balaban J connectivity index is 2.10. The Labute approximate surface area is 119 Å². The van der Waals surface area contributed by atoms with Gasteiger partial charge in [-0.3, -0.25) is 4.79 Å². The lowest BCUT2D eigenvalue weighted by atomic mass is 10.1. The molecule has 2 rings (SSSR count). The minimum Gasteiger partial charge on any atom is -0.508 e. The number of hydrogen-bond acceptors (Lipinski definition) is 2. The first-order valence-corrected chi connectivity index (χ1v) is 6.05. The highest BCUT2D eigenvalue weighted by Gasteiger charge is 2.29. The van der Waals surface area contributed by atoms with Gasteiger partial charge < -0.3 is 5.11 Å². The van der Waals surface area contributed by atoms with E-state index in [2.05, 4.69) is 0 Å². The lowest BCUT2D eigenvalue weighted by Crippen LogP contribution is -2.04. The summed E-state index contributed by atoms with van der Waals surface area (Å²) in [5.74, 6) is -0.242. The molecule has 2 nitrogen and oxygen atoms in total. The summed E-state index contributed by atoms with van der Waals surface area (Å²) >= 11 is 0. The Morgan fingerprint density at radius 1 is 0.952 bits per heavy atom. The molecule has 0 saturated heterocycles. The molecule has 0 aromatic heterocycles. The second-order valence-electron chi connectivity index (χ2n) is 4.36. The topological polar surface area (TPSA) is 37.3 Å². The maximum absolute atomic E-state index is 12.4. The van der Waals surface area contributed by atoms with E-state index >= 15 is 0 Å². The van der Waals surface area contributed by atoms with Gasteiger partial charge in [0.1, 0.15) is 5.75 Å². The summed E-state index contributed by atoms with van der Waals surface area (Å²) in [5, 5.41) is 9.12. The lowest BCUT2D eigenvalue weighted by Gasteiger charge is -2.05. The smallest absolute Gasteiger partial charge is 0.416 e. The number of allylic oxidation sites excluding steroid dienone is 1. The molecule has 2 aromatic carbocycles. The van der Waals surface area contributed by atoms with Crippen LogP contribution in [0.2, 0.25) is 0 Å². The van der Waals surface area contributed by atoms with E-state index in [1.54, 1.807) is 0 Å². The standard InChI is InChI=1S/C16H11F3O2/c17-16(18,19)13-6-1-11(2-7-13)3-10-15(21)12-4-8-14(20)9-5-12/h1-10,20H/b10-3+. The molecule has 0 amide bonds. The van der Waals surface area contributed by atoms with E-state index in [4.69, 9.17) is 5.11 Å². The molecule has 0 saturated carbocycles. The molecule has 0 radical (unpaired) electrons. The second kappa shape index (κ2) is 5.83. The number of phenols is 1. The van der Waals surface area contributed by atoms with E-state index in [0.717, 1.165) is 12.1 Å². The van der Waals surface area contributed by atoms with Crippen molar-refractivity contribution >= 4 is 11.9 Å². The van der Waals surface area contributed by atoms with Crippen molar-refractivity contribution in [1.82, 2.24) is 0 Å². The van der Waals surface area contributed by atoms with Crippen molar-refractivity contribution in [2.75, 3.05) is 0 Å². The summed E-state index contributed by atoms with van der Waals surface area (Å²) in [4.78, 5) is 11.8. The predicted octanol–water partition coefficient (Wildman–Crippen LogP) is 4.31. The van der Waals surface area contributed by atoms with Gasteiger partial charge in [0, 0.05) is 5.56 Å². The number of carbonyl (C=O) groups excluding carboxylic acids is 1. The van der Waals surface area contributed by atoms with Crippen molar-refractivity contribution in [3.05, 3.63) is 71.3 Å². The molecule has 0 aliphatic heterocycles. The number of halogens is 3. The van der Waals surface area contributed by atoms with Crippen molar-refractivity contribution in [1.29, 1.82) is 0 Å². The van der Waals surface area contributed by atoms with Crippen LogP contribution in [0, 0.1) is 0 Å². The zero-order valence-corrected chi connectivity index (χ0v) is 10.8. The SMILES string of the molecule is O=C(/C=C/c1ccc(C(F)(F)F)cc1)c1ccc(O)cc1. The minimum absolute atomic E-state index is 0.0540. The average molecular weight is 292 g/mol. The van der Waals surface area contributed by atoms with Crippen LogP contribution >= 0.6 is 0 Å². The highest BCUT2D eigenvalue weighted by molar-refractivity contribution is 6.06. The van der Waals surface area contributed by atoms with Crippen LogP contribution in [0.25, 0.3) is 6.08 Å². The van der Waals surface area contributed by atoms with E-state index in [9.17, 15) is 18.0 Å². The first kappa shape index (κ1) is 14.8. The molecular weight excluding hydrogens is 281 g/mol. The first-order chi connectivity index (χ1) is 9.86. The summed E-state index contributed by atoms with van der Waals surface area (Å²) in [6.45, 7) is 0. The van der Waals surface area contributed by atoms with Gasteiger partial charge in [0.05, 0.1) is 5.56 Å². The Bertz CT molecular complexity index is 653. The summed E-state index contributed by atoms with van der Waals surface area (Å²) in [5.41, 5.74) is 0.149. The zero-order chi connectivity index (χ0) is 15.5. The monoisotopic (exact) mass is 292 g/mol. The fraction of sp³-hybridized carbons (Fsp3) is 0.0625. The normalized spacial score (nSPS) is 11.8. The van der Waals surface area contributed by atoms with E-state index in [-0.39, 0.29) is 11.5 Å². The summed E-state index contributed by atoms with van der Waals surface area (Å²) < 4.78 is 37.2. The summed E-state index contributed by atoms with van der Waals surface area (Å²) in [7, 11) is 0. The molecule has 108 valence electrons. The third-order valence-corrected chi connectivity index (χ3v) is 2.82. The van der Waals surface area contributed by atoms with Crippen LogP contribution in [0.3, 0.4) is 0 Å². The minimum atomic E-state index is -4.37. The number of ketones is 1. The van der Waals surface area contributed by atoms with Crippen LogP contribution in [-0.2, 0) is 6.18 Å². The first-order valence-electron chi connectivity index (χ1n) is 6.05. The van der Waals surface area contributed by atoms with Crippen molar-refractivity contribution in [2.24, 2.45) is 0 Å². The third kappa shape index (κ3) is 3.95. The summed E-state index contributed by atoms with van der Waals surface area (Å²) in [6.07, 6.45) is -1.66. The molecule has 21 heavy (non-hydrogen) atoms. The third-order valence-electron chi connectivity index (χ3n) is 2.82. The van der Waals surface area contributed by atoms with E-state index in [1.165, 1.54) is 48.6 Å². The Morgan fingerprint density at radius 2 is 1.52 bits per heavy atom. The largest absolute Gasteiger partial charge is 0.508 e.